The van der Waals surface area contributed by atoms with Crippen LogP contribution in [0.3, 0.4) is 0 Å². The van der Waals surface area contributed by atoms with Crippen molar-refractivity contribution in [1.82, 2.24) is 0 Å². The molecule has 0 spiro atoms. The average molecular weight is 395 g/mol. The zero-order valence-corrected chi connectivity index (χ0v) is 15.9. The molecule has 0 aliphatic heterocycles. The van der Waals surface area contributed by atoms with Gasteiger partial charge in [0, 0.05) is 9.90 Å². The summed E-state index contributed by atoms with van der Waals surface area (Å²) >= 11 is 13.4. The van der Waals surface area contributed by atoms with Gasteiger partial charge in [0.25, 0.3) is 5.91 Å². The number of anilines is 1. The van der Waals surface area contributed by atoms with Gasteiger partial charge in [-0.05, 0) is 56.4 Å². The Hall–Kier alpha value is -1.74. The zero-order chi connectivity index (χ0) is 18.0. The SMILES string of the molecule is CC(Oc1ccc(Cl)cc1Cl)C(=O)Nc1sc2c(c1C#N)CCCC2. The maximum absolute atomic E-state index is 12.5. The minimum absolute atomic E-state index is 0.318. The van der Waals surface area contributed by atoms with Gasteiger partial charge in [-0.25, -0.2) is 0 Å². The summed E-state index contributed by atoms with van der Waals surface area (Å²) in [7, 11) is 0. The van der Waals surface area contributed by atoms with Crippen molar-refractivity contribution in [3.05, 3.63) is 44.2 Å². The van der Waals surface area contributed by atoms with Crippen molar-refractivity contribution in [3.8, 4) is 11.8 Å². The van der Waals surface area contributed by atoms with E-state index < -0.39 is 6.10 Å². The summed E-state index contributed by atoms with van der Waals surface area (Å²) in [5.41, 5.74) is 1.67. The number of hydrogen-bond acceptors (Lipinski definition) is 4. The Morgan fingerprint density at radius 1 is 1.36 bits per heavy atom. The molecule has 1 N–H and O–H groups in total. The van der Waals surface area contributed by atoms with Crippen molar-refractivity contribution in [1.29, 1.82) is 5.26 Å². The smallest absolute Gasteiger partial charge is 0.265 e. The number of nitrogens with one attached hydrogen (secondary N) is 1. The number of nitriles is 1. The maximum atomic E-state index is 12.5. The van der Waals surface area contributed by atoms with Crippen molar-refractivity contribution in [2.75, 3.05) is 5.32 Å². The van der Waals surface area contributed by atoms with Crippen LogP contribution in [-0.4, -0.2) is 12.0 Å². The molecule has 1 aliphatic rings. The lowest BCUT2D eigenvalue weighted by molar-refractivity contribution is -0.122. The molecule has 1 heterocycles. The third-order valence-corrected chi connectivity index (χ3v) is 5.82. The number of ether oxygens (including phenoxy) is 1. The molecule has 7 heteroatoms. The van der Waals surface area contributed by atoms with E-state index in [0.29, 0.717) is 26.4 Å². The first-order valence-electron chi connectivity index (χ1n) is 7.96. The van der Waals surface area contributed by atoms with Crippen LogP contribution in [0.2, 0.25) is 10.0 Å². The third-order valence-electron chi connectivity index (χ3n) is 4.09. The highest BCUT2D eigenvalue weighted by Crippen LogP contribution is 2.37. The zero-order valence-electron chi connectivity index (χ0n) is 13.6. The van der Waals surface area contributed by atoms with Crippen molar-refractivity contribution in [2.24, 2.45) is 0 Å². The van der Waals surface area contributed by atoms with Gasteiger partial charge in [0.1, 0.15) is 16.8 Å². The van der Waals surface area contributed by atoms with Crippen LogP contribution in [0, 0.1) is 11.3 Å². The van der Waals surface area contributed by atoms with Gasteiger partial charge in [0.05, 0.1) is 10.6 Å². The fourth-order valence-corrected chi connectivity index (χ4v) is 4.50. The molecular formula is C18H16Cl2N2O2S. The Morgan fingerprint density at radius 3 is 2.84 bits per heavy atom. The molecule has 0 radical (unpaired) electrons. The standard InChI is InChI=1S/C18H16Cl2N2O2S/c1-10(24-15-7-6-11(19)8-14(15)20)17(23)22-18-13(9-21)12-4-2-3-5-16(12)25-18/h6-8,10H,2-5H2,1H3,(H,22,23). The van der Waals surface area contributed by atoms with E-state index in [2.05, 4.69) is 11.4 Å². The number of benzene rings is 1. The van der Waals surface area contributed by atoms with Crippen LogP contribution in [0.15, 0.2) is 18.2 Å². The number of nitrogens with zero attached hydrogens (tertiary/aromatic N) is 1. The van der Waals surface area contributed by atoms with Gasteiger partial charge >= 0.3 is 0 Å². The summed E-state index contributed by atoms with van der Waals surface area (Å²) in [6.07, 6.45) is 3.32. The molecule has 1 unspecified atom stereocenters. The van der Waals surface area contributed by atoms with Gasteiger partial charge in [0.15, 0.2) is 6.10 Å². The van der Waals surface area contributed by atoms with E-state index in [9.17, 15) is 10.1 Å². The molecule has 0 saturated heterocycles. The summed E-state index contributed by atoms with van der Waals surface area (Å²) in [4.78, 5) is 13.7. The van der Waals surface area contributed by atoms with Crippen LogP contribution in [0.25, 0.3) is 0 Å². The average Bonchev–Trinajstić information content (AvgIpc) is 2.94. The Bertz CT molecular complexity index is 857. The Balaban J connectivity index is 1.74. The summed E-state index contributed by atoms with van der Waals surface area (Å²) in [6.45, 7) is 1.64. The molecule has 1 aromatic heterocycles. The van der Waals surface area contributed by atoms with E-state index in [1.54, 1.807) is 25.1 Å². The van der Waals surface area contributed by atoms with Crippen LogP contribution in [0.4, 0.5) is 5.00 Å². The first kappa shape index (κ1) is 18.1. The van der Waals surface area contributed by atoms with Crippen LogP contribution in [0.1, 0.15) is 35.8 Å². The predicted octanol–water partition coefficient (Wildman–Crippen LogP) is 5.21. The van der Waals surface area contributed by atoms with Crippen LogP contribution >= 0.6 is 34.5 Å². The lowest BCUT2D eigenvalue weighted by Gasteiger charge is -2.15. The van der Waals surface area contributed by atoms with Crippen LogP contribution < -0.4 is 10.1 Å². The quantitative estimate of drug-likeness (QED) is 0.773. The summed E-state index contributed by atoms with van der Waals surface area (Å²) < 4.78 is 5.63. The monoisotopic (exact) mass is 394 g/mol. The van der Waals surface area contributed by atoms with E-state index in [-0.39, 0.29) is 5.91 Å². The van der Waals surface area contributed by atoms with E-state index >= 15 is 0 Å². The highest BCUT2D eigenvalue weighted by Gasteiger charge is 2.24. The molecule has 1 amide bonds. The van der Waals surface area contributed by atoms with Crippen molar-refractivity contribution < 1.29 is 9.53 Å². The highest BCUT2D eigenvalue weighted by molar-refractivity contribution is 7.16. The van der Waals surface area contributed by atoms with E-state index in [1.165, 1.54) is 16.2 Å². The van der Waals surface area contributed by atoms with E-state index in [1.807, 2.05) is 0 Å². The normalized spacial score (nSPS) is 14.3. The third kappa shape index (κ3) is 3.92. The molecule has 0 fully saturated rings. The minimum atomic E-state index is -0.760. The molecule has 4 nitrogen and oxygen atoms in total. The summed E-state index contributed by atoms with van der Waals surface area (Å²) in [6, 6.07) is 7.06. The Kier molecular flexibility index (Phi) is 5.53. The number of aryl methyl sites for hydroxylation is 1. The number of thiophene rings is 1. The molecule has 0 bridgehead atoms. The first-order valence-corrected chi connectivity index (χ1v) is 9.54. The van der Waals surface area contributed by atoms with Gasteiger partial charge in [-0.15, -0.1) is 11.3 Å². The Labute approximate surface area is 160 Å². The summed E-state index contributed by atoms with van der Waals surface area (Å²) in [5, 5.41) is 13.7. The second kappa shape index (κ2) is 7.65. The first-order chi connectivity index (χ1) is 12.0. The number of fused-ring (bicyclic) bond motifs is 1. The van der Waals surface area contributed by atoms with Crippen molar-refractivity contribution >= 4 is 45.4 Å². The second-order valence-electron chi connectivity index (χ2n) is 5.85. The number of carbonyl (C=O) groups is 1. The predicted molar refractivity (Wildman–Crippen MR) is 101 cm³/mol. The van der Waals surface area contributed by atoms with Gasteiger partial charge in [-0.1, -0.05) is 23.2 Å². The largest absolute Gasteiger partial charge is 0.479 e. The molecule has 2 aromatic rings. The van der Waals surface area contributed by atoms with Gasteiger partial charge < -0.3 is 10.1 Å². The second-order valence-corrected chi connectivity index (χ2v) is 7.80. The molecule has 25 heavy (non-hydrogen) atoms. The molecule has 130 valence electrons. The number of halogens is 2. The lowest BCUT2D eigenvalue weighted by atomic mass is 9.96. The van der Waals surface area contributed by atoms with Crippen LogP contribution in [0.5, 0.6) is 5.75 Å². The topological polar surface area (TPSA) is 62.1 Å². The van der Waals surface area contributed by atoms with E-state index in [4.69, 9.17) is 27.9 Å². The van der Waals surface area contributed by atoms with Crippen molar-refractivity contribution in [2.45, 2.75) is 38.7 Å². The van der Waals surface area contributed by atoms with E-state index in [0.717, 1.165) is 31.2 Å². The molecule has 3 rings (SSSR count). The van der Waals surface area contributed by atoms with Gasteiger partial charge in [-0.3, -0.25) is 4.79 Å². The van der Waals surface area contributed by atoms with Crippen LogP contribution in [-0.2, 0) is 17.6 Å². The molecule has 1 aromatic carbocycles. The number of hydrogen-bond donors (Lipinski definition) is 1. The number of amides is 1. The maximum Gasteiger partial charge on any atom is 0.265 e. The van der Waals surface area contributed by atoms with Gasteiger partial charge in [0.2, 0.25) is 0 Å². The number of rotatable bonds is 4. The lowest BCUT2D eigenvalue weighted by Crippen LogP contribution is -2.30. The Morgan fingerprint density at radius 2 is 2.12 bits per heavy atom. The molecule has 1 aliphatic carbocycles. The highest BCUT2D eigenvalue weighted by atomic mass is 35.5. The fourth-order valence-electron chi connectivity index (χ4n) is 2.80. The molecule has 0 saturated carbocycles. The van der Waals surface area contributed by atoms with Gasteiger partial charge in [-0.2, -0.15) is 5.26 Å². The summed E-state index contributed by atoms with van der Waals surface area (Å²) in [5.74, 6) is 0.0702. The molecule has 1 atom stereocenters. The van der Waals surface area contributed by atoms with Crippen molar-refractivity contribution in [3.63, 3.8) is 0 Å². The minimum Gasteiger partial charge on any atom is -0.479 e. The number of carbonyl (C=O) groups excluding carboxylic acids is 1. The fraction of sp³-hybridized carbons (Fsp3) is 0.333. The molecular weight excluding hydrogens is 379 g/mol.